The number of hydrogen-bond acceptors (Lipinski definition) is 6. The van der Waals surface area contributed by atoms with Gasteiger partial charge in [0.25, 0.3) is 5.91 Å². The number of likely N-dealkylation sites (N-methyl/N-ethyl adjacent to an activating group) is 2. The van der Waals surface area contributed by atoms with Gasteiger partial charge in [0.15, 0.2) is 0 Å². The molecule has 38 heavy (non-hydrogen) atoms. The molecule has 1 aliphatic heterocycles. The van der Waals surface area contributed by atoms with Crippen molar-refractivity contribution in [3.63, 3.8) is 0 Å². The molecule has 1 saturated carbocycles. The number of nitrogens with zero attached hydrogens (tertiary/aromatic N) is 3. The van der Waals surface area contributed by atoms with E-state index in [4.69, 9.17) is 4.74 Å². The van der Waals surface area contributed by atoms with Crippen LogP contribution in [0.15, 0.2) is 36.4 Å². The molecule has 4 rings (SSSR count). The maximum Gasteiger partial charge on any atom is 0.251 e. The zero-order valence-electron chi connectivity index (χ0n) is 23.9. The Bertz CT molecular complexity index is 1170. The molecule has 1 atom stereocenters. The second-order valence-electron chi connectivity index (χ2n) is 11.6. The Balaban J connectivity index is 1.59. The summed E-state index contributed by atoms with van der Waals surface area (Å²) in [7, 11) is 7.44. The molecule has 1 fully saturated rings. The van der Waals surface area contributed by atoms with Crippen LogP contribution in [0, 0.1) is 0 Å². The first-order valence-corrected chi connectivity index (χ1v) is 13.6. The molecule has 206 valence electrons. The van der Waals surface area contributed by atoms with Crippen LogP contribution < -0.4 is 25.2 Å². The fourth-order valence-electron chi connectivity index (χ4n) is 5.99. The van der Waals surface area contributed by atoms with Crippen LogP contribution in [0.5, 0.6) is 5.75 Å². The van der Waals surface area contributed by atoms with Gasteiger partial charge in [-0.25, -0.2) is 0 Å². The normalized spacial score (nSPS) is 18.4. The van der Waals surface area contributed by atoms with Crippen LogP contribution in [0.4, 0.5) is 22.7 Å². The molecule has 0 aromatic heterocycles. The first-order valence-electron chi connectivity index (χ1n) is 13.6. The van der Waals surface area contributed by atoms with Crippen molar-refractivity contribution in [3.05, 3.63) is 42.0 Å². The van der Waals surface area contributed by atoms with Crippen LogP contribution in [0.2, 0.25) is 0 Å². The highest BCUT2D eigenvalue weighted by molar-refractivity contribution is 6.05. The third-order valence-electron chi connectivity index (χ3n) is 7.59. The maximum atomic E-state index is 13.0. The Kier molecular flexibility index (Phi) is 8.21. The zero-order chi connectivity index (χ0) is 27.6. The summed E-state index contributed by atoms with van der Waals surface area (Å²) in [4.78, 5) is 32.2. The number of amides is 2. The van der Waals surface area contributed by atoms with Gasteiger partial charge in [0.2, 0.25) is 5.91 Å². The lowest BCUT2D eigenvalue weighted by Gasteiger charge is -2.46. The molecule has 2 amide bonds. The molecule has 1 heterocycles. The van der Waals surface area contributed by atoms with Crippen molar-refractivity contribution in [2.45, 2.75) is 70.5 Å². The number of carbonyl (C=O) groups excluding carboxylic acids is 2. The molecule has 0 unspecified atom stereocenters. The SMILES string of the molecule is COc1cc(C(=O)NC(C)(C)CN(C)C)ccc1Nc1ccc2c(c1)N(C1CCCCC1)[C@H](C)C(=O)N2C. The van der Waals surface area contributed by atoms with Gasteiger partial charge in [0, 0.05) is 36.4 Å². The molecule has 2 aliphatic rings. The van der Waals surface area contributed by atoms with Crippen molar-refractivity contribution in [1.82, 2.24) is 10.2 Å². The van der Waals surface area contributed by atoms with E-state index in [1.54, 1.807) is 18.1 Å². The first-order chi connectivity index (χ1) is 18.0. The largest absolute Gasteiger partial charge is 0.495 e. The van der Waals surface area contributed by atoms with Gasteiger partial charge in [-0.15, -0.1) is 0 Å². The Hall–Kier alpha value is -3.26. The van der Waals surface area contributed by atoms with Gasteiger partial charge in [0.05, 0.1) is 24.2 Å². The van der Waals surface area contributed by atoms with E-state index >= 15 is 0 Å². The van der Waals surface area contributed by atoms with E-state index in [0.717, 1.165) is 42.1 Å². The fourth-order valence-corrected chi connectivity index (χ4v) is 5.99. The van der Waals surface area contributed by atoms with Crippen LogP contribution in [0.1, 0.15) is 63.2 Å². The number of fused-ring (bicyclic) bond motifs is 1. The number of methoxy groups -OCH3 is 1. The van der Waals surface area contributed by atoms with Gasteiger partial charge in [-0.3, -0.25) is 9.59 Å². The molecule has 2 aromatic carbocycles. The molecule has 0 spiro atoms. The molecular weight excluding hydrogens is 478 g/mol. The van der Waals surface area contributed by atoms with Crippen LogP contribution in [0.25, 0.3) is 0 Å². The number of hydrogen-bond donors (Lipinski definition) is 2. The summed E-state index contributed by atoms with van der Waals surface area (Å²) in [6.45, 7) is 6.77. The third-order valence-corrected chi connectivity index (χ3v) is 7.59. The van der Waals surface area contributed by atoms with Gasteiger partial charge in [0.1, 0.15) is 11.8 Å². The first kappa shape index (κ1) is 27.8. The van der Waals surface area contributed by atoms with E-state index in [1.807, 2.05) is 66.2 Å². The minimum Gasteiger partial charge on any atom is -0.495 e. The maximum absolute atomic E-state index is 13.0. The Morgan fingerprint density at radius 3 is 2.45 bits per heavy atom. The second-order valence-corrected chi connectivity index (χ2v) is 11.6. The minimum atomic E-state index is -0.371. The van der Waals surface area contributed by atoms with Crippen molar-refractivity contribution in [3.8, 4) is 5.75 Å². The van der Waals surface area contributed by atoms with Crippen LogP contribution in [-0.4, -0.2) is 69.1 Å². The lowest BCUT2D eigenvalue weighted by atomic mass is 9.91. The quantitative estimate of drug-likeness (QED) is 0.508. The van der Waals surface area contributed by atoms with E-state index in [-0.39, 0.29) is 23.4 Å². The zero-order valence-corrected chi connectivity index (χ0v) is 23.9. The average molecular weight is 522 g/mol. The summed E-state index contributed by atoms with van der Waals surface area (Å²) in [6.07, 6.45) is 5.90. The number of nitrogens with one attached hydrogen (secondary N) is 2. The summed E-state index contributed by atoms with van der Waals surface area (Å²) in [6, 6.07) is 11.8. The molecule has 1 aliphatic carbocycles. The lowest BCUT2D eigenvalue weighted by molar-refractivity contribution is -0.119. The van der Waals surface area contributed by atoms with Gasteiger partial charge >= 0.3 is 0 Å². The van der Waals surface area contributed by atoms with Crippen molar-refractivity contribution in [1.29, 1.82) is 0 Å². The predicted molar refractivity (Wildman–Crippen MR) is 155 cm³/mol. The summed E-state index contributed by atoms with van der Waals surface area (Å²) in [5.41, 5.74) is 3.86. The van der Waals surface area contributed by atoms with Gasteiger partial charge < -0.3 is 30.1 Å². The van der Waals surface area contributed by atoms with Crippen molar-refractivity contribution in [2.24, 2.45) is 0 Å². The predicted octanol–water partition coefficient (Wildman–Crippen LogP) is 5.01. The van der Waals surface area contributed by atoms with E-state index < -0.39 is 0 Å². The van der Waals surface area contributed by atoms with Crippen LogP contribution in [-0.2, 0) is 4.79 Å². The monoisotopic (exact) mass is 521 g/mol. The van der Waals surface area contributed by atoms with E-state index in [2.05, 4.69) is 26.5 Å². The topological polar surface area (TPSA) is 77.1 Å². The number of rotatable bonds is 8. The van der Waals surface area contributed by atoms with Crippen LogP contribution >= 0.6 is 0 Å². The molecule has 0 bridgehead atoms. The van der Waals surface area contributed by atoms with Crippen molar-refractivity contribution in [2.75, 3.05) is 49.9 Å². The molecule has 2 N–H and O–H groups in total. The average Bonchev–Trinajstić information content (AvgIpc) is 2.87. The Morgan fingerprint density at radius 1 is 1.08 bits per heavy atom. The summed E-state index contributed by atoms with van der Waals surface area (Å²) >= 11 is 0. The highest BCUT2D eigenvalue weighted by Crippen LogP contribution is 2.42. The Morgan fingerprint density at radius 2 is 1.79 bits per heavy atom. The summed E-state index contributed by atoms with van der Waals surface area (Å²) < 4.78 is 5.67. The van der Waals surface area contributed by atoms with E-state index in [1.165, 1.54) is 19.3 Å². The van der Waals surface area contributed by atoms with Gasteiger partial charge in [-0.1, -0.05) is 19.3 Å². The fraction of sp³-hybridized carbons (Fsp3) is 0.533. The summed E-state index contributed by atoms with van der Waals surface area (Å²) in [5, 5.41) is 6.60. The smallest absolute Gasteiger partial charge is 0.251 e. The molecule has 0 radical (unpaired) electrons. The van der Waals surface area contributed by atoms with Gasteiger partial charge in [-0.2, -0.15) is 0 Å². The van der Waals surface area contributed by atoms with Gasteiger partial charge in [-0.05, 0) is 84.1 Å². The van der Waals surface area contributed by atoms with E-state index in [9.17, 15) is 9.59 Å². The number of anilines is 4. The molecule has 2 aromatic rings. The molecule has 8 nitrogen and oxygen atoms in total. The van der Waals surface area contributed by atoms with Crippen molar-refractivity contribution < 1.29 is 14.3 Å². The second kappa shape index (κ2) is 11.2. The Labute approximate surface area is 227 Å². The minimum absolute atomic E-state index is 0.132. The molecular formula is C30H43N5O3. The third kappa shape index (κ3) is 5.90. The lowest BCUT2D eigenvalue weighted by Crippen LogP contribution is -2.55. The standard InChI is InChI=1S/C30H43N5O3/c1-20-29(37)34(6)25-16-14-22(18-26(25)35(20)23-11-9-8-10-12-23)31-24-15-13-21(17-27(24)38-7)28(36)32-30(2,3)19-33(4)5/h13-18,20,23,31H,8-12,19H2,1-7H3,(H,32,36)/t20-/m1/s1. The highest BCUT2D eigenvalue weighted by atomic mass is 16.5. The van der Waals surface area contributed by atoms with Crippen molar-refractivity contribution >= 4 is 34.6 Å². The number of ether oxygens (including phenoxy) is 1. The molecule has 8 heteroatoms. The molecule has 0 saturated heterocycles. The van der Waals surface area contributed by atoms with Crippen LogP contribution in [0.3, 0.4) is 0 Å². The highest BCUT2D eigenvalue weighted by Gasteiger charge is 2.37. The number of carbonyl (C=O) groups is 2. The van der Waals surface area contributed by atoms with E-state index in [0.29, 0.717) is 17.4 Å². The number of benzene rings is 2. The summed E-state index contributed by atoms with van der Waals surface area (Å²) in [5.74, 6) is 0.582.